The quantitative estimate of drug-likeness (QED) is 0.565. The first-order valence-corrected chi connectivity index (χ1v) is 8.06. The standard InChI is InChI=1S/C21H15NO4/c1-25-16-8-9-17-18(12-20(23)26-19(17)11-16)21(24)22-15-7-6-13-4-2-3-5-14(13)10-15/h2-12H,1H3,(H,22,24). The van der Waals surface area contributed by atoms with Gasteiger partial charge in [0.05, 0.1) is 12.7 Å². The molecule has 4 aromatic rings. The van der Waals surface area contributed by atoms with Gasteiger partial charge in [0.2, 0.25) is 0 Å². The molecule has 128 valence electrons. The van der Waals surface area contributed by atoms with Crippen LogP contribution in [0, 0.1) is 0 Å². The molecule has 5 heteroatoms. The van der Waals surface area contributed by atoms with Gasteiger partial charge in [0, 0.05) is 23.2 Å². The van der Waals surface area contributed by atoms with Crippen LogP contribution < -0.4 is 15.7 Å². The Balaban J connectivity index is 1.74. The molecular weight excluding hydrogens is 330 g/mol. The van der Waals surface area contributed by atoms with Crippen molar-refractivity contribution in [1.29, 1.82) is 0 Å². The Kier molecular flexibility index (Phi) is 3.89. The summed E-state index contributed by atoms with van der Waals surface area (Å²) in [7, 11) is 1.52. The predicted octanol–water partition coefficient (Wildman–Crippen LogP) is 4.21. The van der Waals surface area contributed by atoms with Gasteiger partial charge in [-0.25, -0.2) is 4.79 Å². The van der Waals surface area contributed by atoms with E-state index in [-0.39, 0.29) is 11.5 Å². The number of carbonyl (C=O) groups excluding carboxylic acids is 1. The van der Waals surface area contributed by atoms with Gasteiger partial charge in [0.1, 0.15) is 11.3 Å². The van der Waals surface area contributed by atoms with E-state index in [2.05, 4.69) is 5.32 Å². The van der Waals surface area contributed by atoms with E-state index in [1.165, 1.54) is 13.2 Å². The molecule has 0 atom stereocenters. The highest BCUT2D eigenvalue weighted by molar-refractivity contribution is 6.12. The highest BCUT2D eigenvalue weighted by atomic mass is 16.5. The normalized spacial score (nSPS) is 10.8. The van der Waals surface area contributed by atoms with Crippen LogP contribution >= 0.6 is 0 Å². The molecular formula is C21H15NO4. The van der Waals surface area contributed by atoms with E-state index in [4.69, 9.17) is 9.15 Å². The van der Waals surface area contributed by atoms with Crippen LogP contribution in [0.3, 0.4) is 0 Å². The van der Waals surface area contributed by atoms with Crippen molar-refractivity contribution >= 4 is 33.3 Å². The SMILES string of the molecule is COc1ccc2c(C(=O)Nc3ccc4ccccc4c3)cc(=O)oc2c1. The van der Waals surface area contributed by atoms with Crippen molar-refractivity contribution < 1.29 is 13.9 Å². The molecule has 0 bridgehead atoms. The second kappa shape index (κ2) is 6.37. The molecule has 0 aliphatic rings. The van der Waals surface area contributed by atoms with Gasteiger partial charge in [0.25, 0.3) is 5.91 Å². The van der Waals surface area contributed by atoms with E-state index in [9.17, 15) is 9.59 Å². The highest BCUT2D eigenvalue weighted by Gasteiger charge is 2.14. The van der Waals surface area contributed by atoms with Crippen LogP contribution in [0.15, 0.2) is 75.9 Å². The summed E-state index contributed by atoms with van der Waals surface area (Å²) in [6.07, 6.45) is 0. The number of benzene rings is 3. The van der Waals surface area contributed by atoms with Crippen LogP contribution in [0.4, 0.5) is 5.69 Å². The third-order valence-corrected chi connectivity index (χ3v) is 4.20. The minimum atomic E-state index is -0.589. The second-order valence-corrected chi connectivity index (χ2v) is 5.86. The fourth-order valence-electron chi connectivity index (χ4n) is 2.92. The number of methoxy groups -OCH3 is 1. The van der Waals surface area contributed by atoms with E-state index in [1.807, 2.05) is 42.5 Å². The summed E-state index contributed by atoms with van der Waals surface area (Å²) in [5.74, 6) is 0.177. The van der Waals surface area contributed by atoms with Crippen LogP contribution in [0.25, 0.3) is 21.7 Å². The number of nitrogens with one attached hydrogen (secondary N) is 1. The van der Waals surface area contributed by atoms with Crippen LogP contribution in [0.1, 0.15) is 10.4 Å². The zero-order chi connectivity index (χ0) is 18.1. The monoisotopic (exact) mass is 345 g/mol. The third-order valence-electron chi connectivity index (χ3n) is 4.20. The number of ether oxygens (including phenoxy) is 1. The van der Waals surface area contributed by atoms with Crippen LogP contribution in [-0.4, -0.2) is 13.0 Å². The van der Waals surface area contributed by atoms with Gasteiger partial charge in [-0.05, 0) is 35.0 Å². The van der Waals surface area contributed by atoms with Crippen molar-refractivity contribution in [3.63, 3.8) is 0 Å². The molecule has 0 spiro atoms. The average molecular weight is 345 g/mol. The van der Waals surface area contributed by atoms with Gasteiger partial charge >= 0.3 is 5.63 Å². The molecule has 0 aliphatic heterocycles. The first kappa shape index (κ1) is 15.9. The molecule has 1 amide bonds. The maximum atomic E-state index is 12.7. The van der Waals surface area contributed by atoms with Gasteiger partial charge in [-0.15, -0.1) is 0 Å². The van der Waals surface area contributed by atoms with E-state index in [1.54, 1.807) is 18.2 Å². The minimum Gasteiger partial charge on any atom is -0.497 e. The van der Waals surface area contributed by atoms with E-state index in [0.29, 0.717) is 22.4 Å². The molecule has 1 heterocycles. The summed E-state index contributed by atoms with van der Waals surface area (Å²) in [5, 5.41) is 5.50. The Labute approximate surface area is 148 Å². The number of hydrogen-bond acceptors (Lipinski definition) is 4. The molecule has 0 saturated carbocycles. The molecule has 1 N–H and O–H groups in total. The maximum absolute atomic E-state index is 12.7. The smallest absolute Gasteiger partial charge is 0.337 e. The number of amides is 1. The number of anilines is 1. The van der Waals surface area contributed by atoms with Crippen molar-refractivity contribution in [2.75, 3.05) is 12.4 Å². The van der Waals surface area contributed by atoms with Crippen LogP contribution in [0.2, 0.25) is 0 Å². The van der Waals surface area contributed by atoms with Crippen molar-refractivity contribution in [2.45, 2.75) is 0 Å². The van der Waals surface area contributed by atoms with E-state index < -0.39 is 5.63 Å². The number of fused-ring (bicyclic) bond motifs is 2. The van der Waals surface area contributed by atoms with E-state index >= 15 is 0 Å². The molecule has 26 heavy (non-hydrogen) atoms. The fraction of sp³-hybridized carbons (Fsp3) is 0.0476. The molecule has 1 aromatic heterocycles. The first-order valence-electron chi connectivity index (χ1n) is 8.06. The minimum absolute atomic E-state index is 0.257. The van der Waals surface area contributed by atoms with Crippen molar-refractivity contribution in [2.24, 2.45) is 0 Å². The maximum Gasteiger partial charge on any atom is 0.337 e. The lowest BCUT2D eigenvalue weighted by Gasteiger charge is -2.09. The lowest BCUT2D eigenvalue weighted by atomic mass is 10.1. The number of carbonyl (C=O) groups is 1. The second-order valence-electron chi connectivity index (χ2n) is 5.86. The van der Waals surface area contributed by atoms with Gasteiger partial charge in [-0.1, -0.05) is 30.3 Å². The summed E-state index contributed by atoms with van der Waals surface area (Å²) >= 11 is 0. The number of rotatable bonds is 3. The van der Waals surface area contributed by atoms with Gasteiger partial charge in [-0.3, -0.25) is 4.79 Å². The predicted molar refractivity (Wildman–Crippen MR) is 101 cm³/mol. The number of hydrogen-bond donors (Lipinski definition) is 1. The summed E-state index contributed by atoms with van der Waals surface area (Å²) in [6, 6.07) is 19.7. The molecule has 3 aromatic carbocycles. The lowest BCUT2D eigenvalue weighted by molar-refractivity contribution is 0.102. The highest BCUT2D eigenvalue weighted by Crippen LogP contribution is 2.24. The Morgan fingerprint density at radius 1 is 0.962 bits per heavy atom. The first-order chi connectivity index (χ1) is 12.6. The molecule has 4 rings (SSSR count). The topological polar surface area (TPSA) is 68.5 Å². The largest absolute Gasteiger partial charge is 0.497 e. The summed E-state index contributed by atoms with van der Waals surface area (Å²) in [5.41, 5.74) is 0.630. The zero-order valence-electron chi connectivity index (χ0n) is 14.0. The molecule has 0 fully saturated rings. The molecule has 5 nitrogen and oxygen atoms in total. The summed E-state index contributed by atoms with van der Waals surface area (Å²) in [6.45, 7) is 0. The van der Waals surface area contributed by atoms with Crippen LogP contribution in [-0.2, 0) is 0 Å². The Morgan fingerprint density at radius 2 is 1.77 bits per heavy atom. The Hall–Kier alpha value is -3.60. The van der Waals surface area contributed by atoms with Crippen molar-refractivity contribution in [3.05, 3.63) is 82.7 Å². The van der Waals surface area contributed by atoms with Gasteiger partial charge in [-0.2, -0.15) is 0 Å². The molecule has 0 aliphatic carbocycles. The zero-order valence-corrected chi connectivity index (χ0v) is 14.0. The van der Waals surface area contributed by atoms with E-state index in [0.717, 1.165) is 10.8 Å². The lowest BCUT2D eigenvalue weighted by Crippen LogP contribution is -2.15. The molecule has 0 unspecified atom stereocenters. The molecule has 0 radical (unpaired) electrons. The average Bonchev–Trinajstić information content (AvgIpc) is 2.66. The Morgan fingerprint density at radius 3 is 2.58 bits per heavy atom. The summed E-state index contributed by atoms with van der Waals surface area (Å²) < 4.78 is 10.3. The fourth-order valence-corrected chi connectivity index (χ4v) is 2.92. The molecule has 0 saturated heterocycles. The van der Waals surface area contributed by atoms with Crippen molar-refractivity contribution in [3.8, 4) is 5.75 Å². The Bertz CT molecular complexity index is 1190. The van der Waals surface area contributed by atoms with Crippen molar-refractivity contribution in [1.82, 2.24) is 0 Å². The third kappa shape index (κ3) is 2.91. The van der Waals surface area contributed by atoms with Crippen LogP contribution in [0.5, 0.6) is 5.75 Å². The summed E-state index contributed by atoms with van der Waals surface area (Å²) in [4.78, 5) is 24.6. The van der Waals surface area contributed by atoms with Gasteiger partial charge < -0.3 is 14.5 Å². The van der Waals surface area contributed by atoms with Gasteiger partial charge in [0.15, 0.2) is 0 Å².